The number of nitrogen functional groups attached to an aromatic ring is 1. The molecule has 20 heavy (non-hydrogen) atoms. The minimum atomic E-state index is -4.90. The van der Waals surface area contributed by atoms with Gasteiger partial charge in [0.05, 0.1) is 11.2 Å². The molecule has 2 aromatic heterocycles. The van der Waals surface area contributed by atoms with Crippen LogP contribution < -0.4 is 16.0 Å². The molecule has 0 atom stereocenters. The van der Waals surface area contributed by atoms with Crippen LogP contribution in [-0.4, -0.2) is 15.0 Å². The Hall–Kier alpha value is -2.29. The van der Waals surface area contributed by atoms with Crippen molar-refractivity contribution in [2.24, 2.45) is 0 Å². The number of pyridine rings is 1. The maximum atomic E-state index is 12.8. The molecule has 0 bridgehead atoms. The lowest BCUT2D eigenvalue weighted by Gasteiger charge is -2.12. The predicted octanol–water partition coefficient (Wildman–Crippen LogP) is 2.21. The second-order valence-corrected chi connectivity index (χ2v) is 4.00. The molecular formula is C10H6ClF3N4O2. The molecule has 0 spiro atoms. The Labute approximate surface area is 114 Å². The Balaban J connectivity index is 2.54. The van der Waals surface area contributed by atoms with Gasteiger partial charge in [0.25, 0.3) is 5.56 Å². The fourth-order valence-corrected chi connectivity index (χ4v) is 1.50. The van der Waals surface area contributed by atoms with Gasteiger partial charge in [-0.2, -0.15) is 13.2 Å². The molecule has 0 fully saturated rings. The van der Waals surface area contributed by atoms with E-state index in [9.17, 15) is 18.0 Å². The summed E-state index contributed by atoms with van der Waals surface area (Å²) in [7, 11) is 0. The average Bonchev–Trinajstić information content (AvgIpc) is 2.31. The Kier molecular flexibility index (Phi) is 3.53. The molecule has 0 aliphatic heterocycles. The zero-order valence-electron chi connectivity index (χ0n) is 9.53. The lowest BCUT2D eigenvalue weighted by Crippen LogP contribution is -2.21. The number of nitrogens with one attached hydrogen (secondary N) is 1. The van der Waals surface area contributed by atoms with Crippen LogP contribution in [0, 0.1) is 0 Å². The van der Waals surface area contributed by atoms with Crippen LogP contribution in [-0.2, 0) is 6.18 Å². The summed E-state index contributed by atoms with van der Waals surface area (Å²) in [6, 6.07) is 1.20. The number of nitrogens with zero attached hydrogens (tertiary/aromatic N) is 2. The number of rotatable bonds is 2. The molecule has 2 aromatic rings. The second-order valence-electron chi connectivity index (χ2n) is 3.57. The molecule has 0 aliphatic rings. The molecule has 6 nitrogen and oxygen atoms in total. The molecule has 2 heterocycles. The molecule has 0 aromatic carbocycles. The van der Waals surface area contributed by atoms with Gasteiger partial charge in [0, 0.05) is 12.3 Å². The standard InChI is InChI=1S/C10H6ClF3N4O2/c11-4-1-5(3-16-2-4)20-6-7(10(12,13)14)17-9(15)18-8(6)19/h1-3H,(H3,15,17,18,19). The van der Waals surface area contributed by atoms with Gasteiger partial charge in [0.2, 0.25) is 11.7 Å². The quantitative estimate of drug-likeness (QED) is 0.887. The molecule has 10 heteroatoms. The van der Waals surface area contributed by atoms with Gasteiger partial charge in [-0.25, -0.2) is 4.98 Å². The third kappa shape index (κ3) is 2.99. The van der Waals surface area contributed by atoms with E-state index >= 15 is 0 Å². The van der Waals surface area contributed by atoms with Gasteiger partial charge in [-0.1, -0.05) is 11.6 Å². The van der Waals surface area contributed by atoms with Crippen molar-refractivity contribution in [3.05, 3.63) is 39.5 Å². The van der Waals surface area contributed by atoms with Crippen molar-refractivity contribution in [1.82, 2.24) is 15.0 Å². The van der Waals surface area contributed by atoms with E-state index in [2.05, 4.69) is 9.97 Å². The van der Waals surface area contributed by atoms with Gasteiger partial charge < -0.3 is 10.5 Å². The Morgan fingerprint density at radius 1 is 1.35 bits per heavy atom. The number of halogens is 4. The van der Waals surface area contributed by atoms with Crippen LogP contribution in [0.15, 0.2) is 23.3 Å². The van der Waals surface area contributed by atoms with Gasteiger partial charge >= 0.3 is 6.18 Å². The minimum absolute atomic E-state index is 0.135. The monoisotopic (exact) mass is 306 g/mol. The zero-order valence-corrected chi connectivity index (χ0v) is 10.3. The number of hydrogen-bond acceptors (Lipinski definition) is 5. The summed E-state index contributed by atoms with van der Waals surface area (Å²) in [5.41, 5.74) is 2.40. The van der Waals surface area contributed by atoms with Crippen molar-refractivity contribution in [2.45, 2.75) is 6.18 Å². The molecule has 106 valence electrons. The van der Waals surface area contributed by atoms with E-state index in [1.807, 2.05) is 4.98 Å². The fourth-order valence-electron chi connectivity index (χ4n) is 1.33. The second kappa shape index (κ2) is 5.00. The Morgan fingerprint density at radius 3 is 2.65 bits per heavy atom. The number of alkyl halides is 3. The highest BCUT2D eigenvalue weighted by Gasteiger charge is 2.38. The molecule has 0 saturated heterocycles. The fraction of sp³-hybridized carbons (Fsp3) is 0.100. The molecule has 0 unspecified atom stereocenters. The third-order valence-electron chi connectivity index (χ3n) is 2.06. The van der Waals surface area contributed by atoms with E-state index in [1.54, 1.807) is 0 Å². The van der Waals surface area contributed by atoms with Crippen molar-refractivity contribution in [3.63, 3.8) is 0 Å². The summed E-state index contributed by atoms with van der Waals surface area (Å²) in [5, 5.41) is 0.135. The molecule has 0 radical (unpaired) electrons. The molecule has 3 N–H and O–H groups in total. The van der Waals surface area contributed by atoms with Crippen LogP contribution in [0.2, 0.25) is 5.02 Å². The number of aromatic amines is 1. The minimum Gasteiger partial charge on any atom is -0.448 e. The Bertz CT molecular complexity index is 702. The molecule has 0 amide bonds. The summed E-state index contributed by atoms with van der Waals surface area (Å²) in [6.07, 6.45) is -2.55. The summed E-state index contributed by atoms with van der Waals surface area (Å²) in [5.74, 6) is -1.84. The van der Waals surface area contributed by atoms with Gasteiger partial charge in [0.15, 0.2) is 5.69 Å². The lowest BCUT2D eigenvalue weighted by molar-refractivity contribution is -0.142. The first kappa shape index (κ1) is 14.1. The predicted molar refractivity (Wildman–Crippen MR) is 63.6 cm³/mol. The smallest absolute Gasteiger partial charge is 0.437 e. The van der Waals surface area contributed by atoms with E-state index in [4.69, 9.17) is 22.1 Å². The number of nitrogens with two attached hydrogens (primary N) is 1. The largest absolute Gasteiger partial charge is 0.448 e. The first-order valence-electron chi connectivity index (χ1n) is 5.03. The average molecular weight is 307 g/mol. The van der Waals surface area contributed by atoms with Crippen molar-refractivity contribution in [1.29, 1.82) is 0 Å². The topological polar surface area (TPSA) is 93.9 Å². The highest BCUT2D eigenvalue weighted by atomic mass is 35.5. The van der Waals surface area contributed by atoms with Crippen molar-refractivity contribution in [3.8, 4) is 11.5 Å². The van der Waals surface area contributed by atoms with Crippen molar-refractivity contribution in [2.75, 3.05) is 5.73 Å². The molecule has 2 rings (SSSR count). The van der Waals surface area contributed by atoms with E-state index in [-0.39, 0.29) is 10.8 Å². The van der Waals surface area contributed by atoms with Crippen molar-refractivity contribution >= 4 is 17.5 Å². The first-order valence-corrected chi connectivity index (χ1v) is 5.40. The van der Waals surface area contributed by atoms with Crippen LogP contribution in [0.1, 0.15) is 5.69 Å². The third-order valence-corrected chi connectivity index (χ3v) is 2.27. The van der Waals surface area contributed by atoms with Crippen molar-refractivity contribution < 1.29 is 17.9 Å². The lowest BCUT2D eigenvalue weighted by atomic mass is 10.3. The van der Waals surface area contributed by atoms with Crippen LogP contribution in [0.3, 0.4) is 0 Å². The normalized spacial score (nSPS) is 11.4. The van der Waals surface area contributed by atoms with Crippen LogP contribution in [0.5, 0.6) is 11.5 Å². The maximum absolute atomic E-state index is 12.8. The molecule has 0 saturated carbocycles. The number of anilines is 1. The number of aromatic nitrogens is 3. The highest BCUT2D eigenvalue weighted by Crippen LogP contribution is 2.34. The molecule has 0 aliphatic carbocycles. The van der Waals surface area contributed by atoms with Crippen LogP contribution in [0.4, 0.5) is 19.1 Å². The zero-order chi connectivity index (χ0) is 14.9. The molecular weight excluding hydrogens is 301 g/mol. The van der Waals surface area contributed by atoms with E-state index in [1.165, 1.54) is 12.3 Å². The van der Waals surface area contributed by atoms with Gasteiger partial charge in [-0.05, 0) is 0 Å². The number of hydrogen-bond donors (Lipinski definition) is 2. The van der Waals surface area contributed by atoms with E-state index in [0.29, 0.717) is 0 Å². The SMILES string of the molecule is Nc1nc(C(F)(F)F)c(Oc2cncc(Cl)c2)c(=O)[nH]1. The summed E-state index contributed by atoms with van der Waals surface area (Å²) < 4.78 is 43.3. The first-order chi connectivity index (χ1) is 9.27. The Morgan fingerprint density at radius 2 is 2.05 bits per heavy atom. The summed E-state index contributed by atoms with van der Waals surface area (Å²) in [4.78, 5) is 20.1. The summed E-state index contributed by atoms with van der Waals surface area (Å²) in [6.45, 7) is 0. The van der Waals surface area contributed by atoms with Gasteiger partial charge in [-0.3, -0.25) is 14.8 Å². The maximum Gasteiger partial charge on any atom is 0.437 e. The number of H-pyrrole nitrogens is 1. The number of ether oxygens (including phenoxy) is 1. The van der Waals surface area contributed by atoms with Crippen LogP contribution in [0.25, 0.3) is 0 Å². The van der Waals surface area contributed by atoms with E-state index < -0.39 is 29.1 Å². The van der Waals surface area contributed by atoms with Crippen LogP contribution >= 0.6 is 11.6 Å². The highest BCUT2D eigenvalue weighted by molar-refractivity contribution is 6.30. The van der Waals surface area contributed by atoms with Gasteiger partial charge in [0.1, 0.15) is 5.75 Å². The van der Waals surface area contributed by atoms with E-state index in [0.717, 1.165) is 6.20 Å². The summed E-state index contributed by atoms with van der Waals surface area (Å²) >= 11 is 5.62. The van der Waals surface area contributed by atoms with Gasteiger partial charge in [-0.15, -0.1) is 0 Å².